The first-order chi connectivity index (χ1) is 19.1. The minimum absolute atomic E-state index is 0.0239. The van der Waals surface area contributed by atoms with Crippen LogP contribution in [0.3, 0.4) is 0 Å². The van der Waals surface area contributed by atoms with E-state index in [0.29, 0.717) is 35.3 Å². The number of hydrogen-bond donors (Lipinski definition) is 0. The van der Waals surface area contributed by atoms with Gasteiger partial charge in [0.05, 0.1) is 19.3 Å². The van der Waals surface area contributed by atoms with E-state index in [-0.39, 0.29) is 11.9 Å². The number of benzene rings is 3. The molecule has 0 spiro atoms. The molecule has 0 aromatic heterocycles. The molecule has 4 rings (SSSR count). The lowest BCUT2D eigenvalue weighted by Gasteiger charge is -2.34. The van der Waals surface area contributed by atoms with Gasteiger partial charge in [-0.3, -0.25) is 4.79 Å². The molecule has 0 amide bonds. The second-order valence-corrected chi connectivity index (χ2v) is 11.1. The van der Waals surface area contributed by atoms with Crippen LogP contribution in [-0.4, -0.2) is 43.0 Å². The highest BCUT2D eigenvalue weighted by Crippen LogP contribution is 2.23. The summed E-state index contributed by atoms with van der Waals surface area (Å²) in [5, 5.41) is 0.622. The molecule has 1 aliphatic rings. The molecule has 1 fully saturated rings. The van der Waals surface area contributed by atoms with Crippen LogP contribution >= 0.6 is 11.6 Å². The van der Waals surface area contributed by atoms with Crippen LogP contribution in [-0.2, 0) is 11.3 Å². The van der Waals surface area contributed by atoms with Crippen LogP contribution in [0.1, 0.15) is 73.4 Å². The first-order valence-electron chi connectivity index (χ1n) is 14.5. The highest BCUT2D eigenvalue weighted by Gasteiger charge is 2.23. The Bertz CT molecular complexity index is 1130. The number of carbonyl (C=O) groups excluding carboxylic acids is 1. The fourth-order valence-corrected chi connectivity index (χ4v) is 5.27. The van der Waals surface area contributed by atoms with Crippen LogP contribution in [0, 0.1) is 5.92 Å². The van der Waals surface area contributed by atoms with E-state index in [1.807, 2.05) is 24.3 Å². The van der Waals surface area contributed by atoms with Gasteiger partial charge in [-0.25, -0.2) is 0 Å². The summed E-state index contributed by atoms with van der Waals surface area (Å²) >= 11 is 5.96. The lowest BCUT2D eigenvalue weighted by molar-refractivity contribution is 0.000482. The van der Waals surface area contributed by atoms with Crippen molar-refractivity contribution in [2.24, 2.45) is 5.92 Å². The Morgan fingerprint density at radius 2 is 1.69 bits per heavy atom. The van der Waals surface area contributed by atoms with Crippen molar-refractivity contribution in [1.82, 2.24) is 4.90 Å². The third-order valence-electron chi connectivity index (χ3n) is 7.57. The van der Waals surface area contributed by atoms with E-state index >= 15 is 0 Å². The van der Waals surface area contributed by atoms with Gasteiger partial charge in [-0.15, -0.1) is 0 Å². The van der Waals surface area contributed by atoms with Crippen LogP contribution in [0.2, 0.25) is 5.02 Å². The van der Waals surface area contributed by atoms with E-state index in [9.17, 15) is 4.79 Å². The van der Waals surface area contributed by atoms with Crippen LogP contribution in [0.25, 0.3) is 0 Å². The molecule has 0 aliphatic carbocycles. The number of halogens is 1. The smallest absolute Gasteiger partial charge is 0.193 e. The van der Waals surface area contributed by atoms with Gasteiger partial charge in [-0.2, -0.15) is 0 Å². The van der Waals surface area contributed by atoms with Gasteiger partial charge in [0, 0.05) is 22.7 Å². The standard InChI is InChI=1S/C34H42ClNO3/c1-2-3-4-8-13-33(39-25-27-10-6-5-7-11-27)24-36-21-19-28(20-22-36)26-38-32-14-9-12-30(23-32)34(37)29-15-17-31(35)18-16-29/h5-7,9-12,14-18,23,28,33H,2-4,8,13,19-22,24-26H2,1H3/t33-/m0/s1. The summed E-state index contributed by atoms with van der Waals surface area (Å²) in [6.45, 7) is 6.77. The zero-order chi connectivity index (χ0) is 27.3. The minimum Gasteiger partial charge on any atom is -0.493 e. The predicted molar refractivity (Wildman–Crippen MR) is 160 cm³/mol. The predicted octanol–water partition coefficient (Wildman–Crippen LogP) is 8.22. The molecular formula is C34H42ClNO3. The van der Waals surface area contributed by atoms with Crippen molar-refractivity contribution in [3.63, 3.8) is 0 Å². The summed E-state index contributed by atoms with van der Waals surface area (Å²) in [5.74, 6) is 1.24. The molecule has 3 aromatic carbocycles. The SMILES string of the molecule is CCCCCC[C@@H](CN1CCC(COc2cccc(C(=O)c3ccc(Cl)cc3)c2)CC1)OCc1ccccc1. The van der Waals surface area contributed by atoms with Gasteiger partial charge >= 0.3 is 0 Å². The van der Waals surface area contributed by atoms with E-state index in [2.05, 4.69) is 42.2 Å². The van der Waals surface area contributed by atoms with Crippen molar-refractivity contribution in [1.29, 1.82) is 0 Å². The largest absolute Gasteiger partial charge is 0.493 e. The average molecular weight is 548 g/mol. The number of ketones is 1. The quantitative estimate of drug-likeness (QED) is 0.142. The van der Waals surface area contributed by atoms with E-state index < -0.39 is 0 Å². The Balaban J connectivity index is 1.22. The van der Waals surface area contributed by atoms with Gasteiger partial charge in [0.1, 0.15) is 5.75 Å². The second kappa shape index (κ2) is 15.8. The fourth-order valence-electron chi connectivity index (χ4n) is 5.15. The monoisotopic (exact) mass is 547 g/mol. The van der Waals surface area contributed by atoms with Gasteiger partial charge in [0.15, 0.2) is 5.78 Å². The number of rotatable bonds is 15. The summed E-state index contributed by atoms with van der Waals surface area (Å²) in [6.07, 6.45) is 8.71. The van der Waals surface area contributed by atoms with Crippen LogP contribution in [0.4, 0.5) is 0 Å². The minimum atomic E-state index is -0.0239. The van der Waals surface area contributed by atoms with Crippen molar-refractivity contribution in [3.8, 4) is 5.75 Å². The molecule has 1 aliphatic heterocycles. The Hall–Kier alpha value is -2.66. The summed E-state index contributed by atoms with van der Waals surface area (Å²) in [7, 11) is 0. The molecule has 1 heterocycles. The third kappa shape index (κ3) is 9.79. The number of hydrogen-bond acceptors (Lipinski definition) is 4. The molecule has 0 radical (unpaired) electrons. The number of piperidine rings is 1. The maximum atomic E-state index is 12.9. The first kappa shape index (κ1) is 29.3. The zero-order valence-corrected chi connectivity index (χ0v) is 24.0. The zero-order valence-electron chi connectivity index (χ0n) is 23.2. The fraction of sp³-hybridized carbons (Fsp3) is 0.441. The number of likely N-dealkylation sites (tertiary alicyclic amines) is 1. The van der Waals surface area contributed by atoms with Crippen LogP contribution < -0.4 is 4.74 Å². The van der Waals surface area contributed by atoms with Crippen molar-refractivity contribution in [2.45, 2.75) is 64.6 Å². The Morgan fingerprint density at radius 3 is 2.44 bits per heavy atom. The van der Waals surface area contributed by atoms with Crippen LogP contribution in [0.5, 0.6) is 5.75 Å². The maximum absolute atomic E-state index is 12.9. The van der Waals surface area contributed by atoms with Crippen LogP contribution in [0.15, 0.2) is 78.9 Å². The van der Waals surface area contributed by atoms with Crippen molar-refractivity contribution >= 4 is 17.4 Å². The van der Waals surface area contributed by atoms with Crippen molar-refractivity contribution in [2.75, 3.05) is 26.2 Å². The molecule has 0 saturated carbocycles. The molecular weight excluding hydrogens is 506 g/mol. The normalized spacial score (nSPS) is 15.2. The molecule has 39 heavy (non-hydrogen) atoms. The van der Waals surface area contributed by atoms with Crippen molar-refractivity contribution < 1.29 is 14.3 Å². The summed E-state index contributed by atoms with van der Waals surface area (Å²) in [4.78, 5) is 15.4. The molecule has 208 valence electrons. The molecule has 0 unspecified atom stereocenters. The third-order valence-corrected chi connectivity index (χ3v) is 7.82. The molecule has 0 N–H and O–H groups in total. The molecule has 0 bridgehead atoms. The van der Waals surface area contributed by atoms with E-state index in [0.717, 1.165) is 44.6 Å². The first-order valence-corrected chi connectivity index (χ1v) is 14.9. The number of nitrogens with zero attached hydrogens (tertiary/aromatic N) is 1. The van der Waals surface area contributed by atoms with Gasteiger partial charge in [0.25, 0.3) is 0 Å². The summed E-state index contributed by atoms with van der Waals surface area (Å²) < 4.78 is 12.6. The molecule has 3 aromatic rings. The molecule has 1 atom stereocenters. The van der Waals surface area contributed by atoms with Gasteiger partial charge in [-0.05, 0) is 80.2 Å². The molecule has 5 heteroatoms. The van der Waals surface area contributed by atoms with Gasteiger partial charge < -0.3 is 14.4 Å². The maximum Gasteiger partial charge on any atom is 0.193 e. The number of carbonyl (C=O) groups is 1. The summed E-state index contributed by atoms with van der Waals surface area (Å²) in [6, 6.07) is 25.0. The highest BCUT2D eigenvalue weighted by molar-refractivity contribution is 6.30. The number of unbranched alkanes of at least 4 members (excludes halogenated alkanes) is 3. The van der Waals surface area contributed by atoms with E-state index in [1.165, 1.54) is 31.2 Å². The lowest BCUT2D eigenvalue weighted by Crippen LogP contribution is -2.40. The highest BCUT2D eigenvalue weighted by atomic mass is 35.5. The van der Waals surface area contributed by atoms with Gasteiger partial charge in [-0.1, -0.05) is 86.7 Å². The second-order valence-electron chi connectivity index (χ2n) is 10.7. The molecule has 4 nitrogen and oxygen atoms in total. The van der Waals surface area contributed by atoms with Gasteiger partial charge in [0.2, 0.25) is 0 Å². The Morgan fingerprint density at radius 1 is 0.923 bits per heavy atom. The molecule has 1 saturated heterocycles. The Labute approximate surface area is 239 Å². The van der Waals surface area contributed by atoms with Crippen molar-refractivity contribution in [3.05, 3.63) is 101 Å². The summed E-state index contributed by atoms with van der Waals surface area (Å²) in [5.41, 5.74) is 2.50. The topological polar surface area (TPSA) is 38.8 Å². The lowest BCUT2D eigenvalue weighted by atomic mass is 9.97. The van der Waals surface area contributed by atoms with E-state index in [4.69, 9.17) is 21.1 Å². The van der Waals surface area contributed by atoms with E-state index in [1.54, 1.807) is 24.3 Å². The Kier molecular flexibility index (Phi) is 11.9. The number of ether oxygens (including phenoxy) is 2. The average Bonchev–Trinajstić information content (AvgIpc) is 2.98.